The highest BCUT2D eigenvalue weighted by molar-refractivity contribution is 5.49. The van der Waals surface area contributed by atoms with Crippen LogP contribution in [0.25, 0.3) is 5.65 Å². The predicted octanol–water partition coefficient (Wildman–Crippen LogP) is 2.31. The smallest absolute Gasteiger partial charge is 0.286 e. The molecule has 0 atom stereocenters. The van der Waals surface area contributed by atoms with Gasteiger partial charge in [0.2, 0.25) is 0 Å². The fourth-order valence-electron chi connectivity index (χ4n) is 1.43. The third-order valence-electron chi connectivity index (χ3n) is 2.13. The van der Waals surface area contributed by atoms with Gasteiger partial charge in [0.25, 0.3) is 0 Å². The average Bonchev–Trinajstić information content (AvgIpc) is 2.58. The Morgan fingerprint density at radius 3 is 2.67 bits per heavy atom. The number of hydrogen-bond acceptors (Lipinski definition) is 2. The Morgan fingerprint density at radius 1 is 1.33 bits per heavy atom. The Kier molecular flexibility index (Phi) is 2.13. The fraction of sp³-hybridized carbons (Fsp3) is 0.333. The second-order valence-electron chi connectivity index (χ2n) is 3.08. The van der Waals surface area contributed by atoms with Gasteiger partial charge in [-0.25, -0.2) is 0 Å². The number of halogens is 3. The molecule has 0 bridgehead atoms. The monoisotopic (exact) mass is 215 g/mol. The average molecular weight is 215 g/mol. The summed E-state index contributed by atoms with van der Waals surface area (Å²) in [6.45, 7) is 1.82. The maximum atomic E-state index is 12.5. The summed E-state index contributed by atoms with van der Waals surface area (Å²) in [5.74, 6) is 0.524. The Morgan fingerprint density at radius 2 is 2.07 bits per heavy atom. The van der Waals surface area contributed by atoms with Crippen molar-refractivity contribution in [2.24, 2.45) is 0 Å². The molecule has 0 amide bonds. The van der Waals surface area contributed by atoms with Crippen LogP contribution in [0.2, 0.25) is 0 Å². The van der Waals surface area contributed by atoms with E-state index in [4.69, 9.17) is 0 Å². The molecule has 0 radical (unpaired) electrons. The molecule has 2 aromatic heterocycles. The number of hydrogen-bond donors (Lipinski definition) is 0. The van der Waals surface area contributed by atoms with Crippen LogP contribution in [-0.2, 0) is 12.6 Å². The van der Waals surface area contributed by atoms with E-state index in [1.54, 1.807) is 0 Å². The van der Waals surface area contributed by atoms with Gasteiger partial charge < -0.3 is 0 Å². The van der Waals surface area contributed by atoms with Gasteiger partial charge in [-0.2, -0.15) is 13.2 Å². The summed E-state index contributed by atoms with van der Waals surface area (Å²) in [6.07, 6.45) is -2.31. The van der Waals surface area contributed by atoms with Gasteiger partial charge in [-0.15, -0.1) is 10.2 Å². The van der Waals surface area contributed by atoms with E-state index in [1.807, 2.05) is 6.92 Å². The van der Waals surface area contributed by atoms with Gasteiger partial charge >= 0.3 is 6.18 Å². The fourth-order valence-corrected chi connectivity index (χ4v) is 1.43. The molecule has 0 aliphatic rings. The van der Waals surface area contributed by atoms with Crippen molar-refractivity contribution in [3.63, 3.8) is 0 Å². The van der Waals surface area contributed by atoms with Crippen LogP contribution in [0.1, 0.15) is 18.3 Å². The van der Waals surface area contributed by atoms with Crippen molar-refractivity contribution in [3.8, 4) is 0 Å². The third kappa shape index (κ3) is 1.55. The zero-order valence-corrected chi connectivity index (χ0v) is 7.91. The van der Waals surface area contributed by atoms with E-state index in [2.05, 4.69) is 10.2 Å². The molecule has 2 rings (SSSR count). The number of nitrogens with zero attached hydrogens (tertiary/aromatic N) is 3. The molecule has 2 heterocycles. The van der Waals surface area contributed by atoms with Crippen molar-refractivity contribution in [2.75, 3.05) is 0 Å². The Hall–Kier alpha value is -1.59. The number of aromatic nitrogens is 3. The van der Waals surface area contributed by atoms with E-state index >= 15 is 0 Å². The first-order chi connectivity index (χ1) is 7.04. The highest BCUT2D eigenvalue weighted by Crippen LogP contribution is 2.31. The van der Waals surface area contributed by atoms with Crippen LogP contribution in [0.3, 0.4) is 0 Å². The standard InChI is InChI=1S/C9H8F3N3/c1-2-7-13-14-8-6(9(10,11)12)4-3-5-15(7)8/h3-5H,2H2,1H3. The van der Waals surface area contributed by atoms with Gasteiger partial charge in [0.05, 0.1) is 0 Å². The first-order valence-electron chi connectivity index (χ1n) is 4.44. The lowest BCUT2D eigenvalue weighted by Gasteiger charge is -2.07. The molecular formula is C9H8F3N3. The Balaban J connectivity index is 2.73. The second kappa shape index (κ2) is 3.22. The third-order valence-corrected chi connectivity index (χ3v) is 2.13. The lowest BCUT2D eigenvalue weighted by Crippen LogP contribution is -2.07. The molecule has 0 saturated carbocycles. The van der Waals surface area contributed by atoms with Crippen molar-refractivity contribution in [1.29, 1.82) is 0 Å². The van der Waals surface area contributed by atoms with E-state index in [1.165, 1.54) is 16.7 Å². The predicted molar refractivity (Wildman–Crippen MR) is 47.4 cm³/mol. The first-order valence-corrected chi connectivity index (χ1v) is 4.44. The quantitative estimate of drug-likeness (QED) is 0.730. The van der Waals surface area contributed by atoms with E-state index < -0.39 is 11.7 Å². The molecular weight excluding hydrogens is 207 g/mol. The minimum Gasteiger partial charge on any atom is -0.286 e. The number of pyridine rings is 1. The molecule has 15 heavy (non-hydrogen) atoms. The molecule has 3 nitrogen and oxygen atoms in total. The van der Waals surface area contributed by atoms with Crippen molar-refractivity contribution in [2.45, 2.75) is 19.5 Å². The summed E-state index contributed by atoms with van der Waals surface area (Å²) in [5.41, 5.74) is -0.890. The van der Waals surface area contributed by atoms with Crippen LogP contribution in [0, 0.1) is 0 Å². The topological polar surface area (TPSA) is 30.2 Å². The van der Waals surface area contributed by atoms with E-state index in [9.17, 15) is 13.2 Å². The van der Waals surface area contributed by atoms with Crippen molar-refractivity contribution >= 4 is 5.65 Å². The minimum atomic E-state index is -4.39. The largest absolute Gasteiger partial charge is 0.420 e. The molecule has 0 aromatic carbocycles. The van der Waals surface area contributed by atoms with Crippen LogP contribution in [0.15, 0.2) is 18.3 Å². The molecule has 0 saturated heterocycles. The Labute approximate surface area is 83.5 Å². The van der Waals surface area contributed by atoms with Gasteiger partial charge in [0, 0.05) is 12.6 Å². The molecule has 0 unspecified atom stereocenters. The Bertz CT molecular complexity index is 487. The van der Waals surface area contributed by atoms with Crippen LogP contribution >= 0.6 is 0 Å². The van der Waals surface area contributed by atoms with Gasteiger partial charge in [0.15, 0.2) is 5.65 Å². The zero-order chi connectivity index (χ0) is 11.1. The molecule has 0 spiro atoms. The number of fused-ring (bicyclic) bond motifs is 1. The van der Waals surface area contributed by atoms with Gasteiger partial charge in [-0.1, -0.05) is 6.92 Å². The van der Waals surface area contributed by atoms with Crippen LogP contribution < -0.4 is 0 Å². The molecule has 0 aliphatic carbocycles. The summed E-state index contributed by atoms with van der Waals surface area (Å²) >= 11 is 0. The lowest BCUT2D eigenvalue weighted by atomic mass is 10.2. The van der Waals surface area contributed by atoms with E-state index in [-0.39, 0.29) is 5.65 Å². The normalized spacial score (nSPS) is 12.3. The SMILES string of the molecule is CCc1nnc2c(C(F)(F)F)cccn12. The van der Waals surface area contributed by atoms with Crippen molar-refractivity contribution < 1.29 is 13.2 Å². The van der Waals surface area contributed by atoms with Crippen molar-refractivity contribution in [3.05, 3.63) is 29.7 Å². The summed E-state index contributed by atoms with van der Waals surface area (Å²) in [5, 5.41) is 7.25. The summed E-state index contributed by atoms with van der Waals surface area (Å²) in [6, 6.07) is 2.35. The zero-order valence-electron chi connectivity index (χ0n) is 7.91. The van der Waals surface area contributed by atoms with E-state index in [0.717, 1.165) is 6.07 Å². The second-order valence-corrected chi connectivity index (χ2v) is 3.08. The van der Waals surface area contributed by atoms with Crippen molar-refractivity contribution in [1.82, 2.24) is 14.6 Å². The number of alkyl halides is 3. The van der Waals surface area contributed by atoms with Gasteiger partial charge in [-0.3, -0.25) is 4.40 Å². The minimum absolute atomic E-state index is 0.137. The first kappa shape index (κ1) is 9.95. The van der Waals surface area contributed by atoms with Gasteiger partial charge in [0.1, 0.15) is 11.4 Å². The number of aryl methyl sites for hydroxylation is 1. The van der Waals surface area contributed by atoms with Crippen LogP contribution in [0.5, 0.6) is 0 Å². The summed E-state index contributed by atoms with van der Waals surface area (Å²) in [4.78, 5) is 0. The van der Waals surface area contributed by atoms with E-state index in [0.29, 0.717) is 12.2 Å². The maximum absolute atomic E-state index is 12.5. The summed E-state index contributed by atoms with van der Waals surface area (Å²) < 4.78 is 39.0. The lowest BCUT2D eigenvalue weighted by molar-refractivity contribution is -0.136. The van der Waals surface area contributed by atoms with Gasteiger partial charge in [-0.05, 0) is 12.1 Å². The molecule has 0 aliphatic heterocycles. The molecule has 2 aromatic rings. The summed E-state index contributed by atoms with van der Waals surface area (Å²) in [7, 11) is 0. The highest BCUT2D eigenvalue weighted by atomic mass is 19.4. The van der Waals surface area contributed by atoms with Crippen LogP contribution in [0.4, 0.5) is 13.2 Å². The molecule has 6 heteroatoms. The number of rotatable bonds is 1. The molecule has 80 valence electrons. The highest BCUT2D eigenvalue weighted by Gasteiger charge is 2.34. The maximum Gasteiger partial charge on any atom is 0.420 e. The van der Waals surface area contributed by atoms with Crippen LogP contribution in [-0.4, -0.2) is 14.6 Å². The molecule has 0 fully saturated rings. The molecule has 0 N–H and O–H groups in total.